The average Bonchev–Trinajstić information content (AvgIpc) is 2.91. The van der Waals surface area contributed by atoms with Gasteiger partial charge in [-0.05, 0) is 36.9 Å². The number of benzene rings is 1. The maximum atomic E-state index is 3.51. The van der Waals surface area contributed by atoms with Crippen molar-refractivity contribution in [1.29, 1.82) is 0 Å². The first-order valence-corrected chi connectivity index (χ1v) is 8.74. The summed E-state index contributed by atoms with van der Waals surface area (Å²) in [5.41, 5.74) is 2.79. The molecule has 0 saturated carbocycles. The van der Waals surface area contributed by atoms with E-state index in [1.165, 1.54) is 21.8 Å². The molecule has 19 heavy (non-hydrogen) atoms. The fourth-order valence-corrected chi connectivity index (χ4v) is 3.48. The Morgan fingerprint density at radius 3 is 2.89 bits per heavy atom. The van der Waals surface area contributed by atoms with E-state index in [4.69, 9.17) is 0 Å². The first kappa shape index (κ1) is 14.6. The van der Waals surface area contributed by atoms with Gasteiger partial charge in [-0.25, -0.2) is 0 Å². The lowest BCUT2D eigenvalue weighted by Gasteiger charge is -2.05. The maximum Gasteiger partial charge on any atom is 0.0185 e. The van der Waals surface area contributed by atoms with Crippen LogP contribution in [0.15, 0.2) is 41.8 Å². The van der Waals surface area contributed by atoms with E-state index in [1.807, 2.05) is 23.1 Å². The Bertz CT molecular complexity index is 465. The van der Waals surface area contributed by atoms with Crippen LogP contribution in [0.5, 0.6) is 0 Å². The van der Waals surface area contributed by atoms with Crippen LogP contribution in [0.1, 0.15) is 16.0 Å². The molecule has 0 saturated heterocycles. The van der Waals surface area contributed by atoms with E-state index in [1.54, 1.807) is 0 Å². The molecule has 0 aliphatic carbocycles. The van der Waals surface area contributed by atoms with Gasteiger partial charge in [0.15, 0.2) is 0 Å². The lowest BCUT2D eigenvalue weighted by Crippen LogP contribution is -2.19. The van der Waals surface area contributed by atoms with Crippen molar-refractivity contribution in [1.82, 2.24) is 5.32 Å². The predicted molar refractivity (Wildman–Crippen MR) is 88.2 cm³/mol. The third-order valence-corrected chi connectivity index (χ3v) is 4.87. The Hall–Kier alpha value is -0.770. The molecule has 0 fully saturated rings. The van der Waals surface area contributed by atoms with Crippen molar-refractivity contribution in [3.63, 3.8) is 0 Å². The second kappa shape index (κ2) is 8.41. The van der Waals surface area contributed by atoms with Gasteiger partial charge in [0.05, 0.1) is 0 Å². The van der Waals surface area contributed by atoms with E-state index < -0.39 is 0 Å². The SMILES string of the molecule is Cc1cccc(CSCCNCCc2cccs2)c1. The number of thiophene rings is 1. The molecule has 0 radical (unpaired) electrons. The van der Waals surface area contributed by atoms with Gasteiger partial charge in [-0.3, -0.25) is 0 Å². The molecule has 0 amide bonds. The molecular weight excluding hydrogens is 270 g/mol. The Kier molecular flexibility index (Phi) is 6.48. The van der Waals surface area contributed by atoms with Crippen LogP contribution in [0.2, 0.25) is 0 Å². The molecule has 2 rings (SSSR count). The fourth-order valence-electron chi connectivity index (χ4n) is 1.93. The van der Waals surface area contributed by atoms with E-state index in [2.05, 4.69) is 54.0 Å². The molecule has 102 valence electrons. The van der Waals surface area contributed by atoms with Crippen LogP contribution in [-0.4, -0.2) is 18.8 Å². The summed E-state index contributed by atoms with van der Waals surface area (Å²) in [5, 5.41) is 5.65. The van der Waals surface area contributed by atoms with Crippen LogP contribution < -0.4 is 5.32 Å². The van der Waals surface area contributed by atoms with E-state index in [-0.39, 0.29) is 0 Å². The number of rotatable bonds is 8. The van der Waals surface area contributed by atoms with Crippen LogP contribution >= 0.6 is 23.1 Å². The zero-order valence-electron chi connectivity index (χ0n) is 11.4. The number of hydrogen-bond acceptors (Lipinski definition) is 3. The number of thioether (sulfide) groups is 1. The van der Waals surface area contributed by atoms with Gasteiger partial charge in [0.25, 0.3) is 0 Å². The van der Waals surface area contributed by atoms with Crippen molar-refractivity contribution in [3.8, 4) is 0 Å². The van der Waals surface area contributed by atoms with Gasteiger partial charge in [-0.15, -0.1) is 11.3 Å². The second-order valence-corrected chi connectivity index (χ2v) is 6.76. The van der Waals surface area contributed by atoms with E-state index >= 15 is 0 Å². The zero-order chi connectivity index (χ0) is 13.3. The molecule has 0 bridgehead atoms. The minimum Gasteiger partial charge on any atom is -0.316 e. The highest BCUT2D eigenvalue weighted by Crippen LogP contribution is 2.13. The minimum absolute atomic E-state index is 1.09. The Balaban J connectivity index is 1.50. The molecule has 1 nitrogen and oxygen atoms in total. The molecular formula is C16H21NS2. The Labute approximate surface area is 124 Å². The number of aryl methyl sites for hydroxylation is 1. The Morgan fingerprint density at radius 2 is 2.11 bits per heavy atom. The monoisotopic (exact) mass is 291 g/mol. The van der Waals surface area contributed by atoms with Gasteiger partial charge in [-0.2, -0.15) is 11.8 Å². The summed E-state index contributed by atoms with van der Waals surface area (Å²) in [6, 6.07) is 13.1. The van der Waals surface area contributed by atoms with Crippen LogP contribution in [0, 0.1) is 6.92 Å². The van der Waals surface area contributed by atoms with E-state index in [0.29, 0.717) is 0 Å². The highest BCUT2D eigenvalue weighted by molar-refractivity contribution is 7.98. The Morgan fingerprint density at radius 1 is 1.16 bits per heavy atom. The van der Waals surface area contributed by atoms with Crippen LogP contribution in [0.25, 0.3) is 0 Å². The molecule has 1 aromatic heterocycles. The van der Waals surface area contributed by atoms with Gasteiger partial charge < -0.3 is 5.32 Å². The van der Waals surface area contributed by atoms with E-state index in [9.17, 15) is 0 Å². The zero-order valence-corrected chi connectivity index (χ0v) is 13.0. The van der Waals surface area contributed by atoms with Crippen molar-refractivity contribution in [2.75, 3.05) is 18.8 Å². The molecule has 0 unspecified atom stereocenters. The standard InChI is InChI=1S/C16H21NS2/c1-14-4-2-5-15(12-14)13-18-11-9-17-8-7-16-6-3-10-19-16/h2-6,10,12,17H,7-9,11,13H2,1H3. The summed E-state index contributed by atoms with van der Waals surface area (Å²) in [6.07, 6.45) is 1.15. The molecule has 0 aliphatic rings. The summed E-state index contributed by atoms with van der Waals surface area (Å²) in [5.74, 6) is 2.30. The largest absolute Gasteiger partial charge is 0.316 e. The minimum atomic E-state index is 1.09. The van der Waals surface area contributed by atoms with Gasteiger partial charge >= 0.3 is 0 Å². The fraction of sp³-hybridized carbons (Fsp3) is 0.375. The highest BCUT2D eigenvalue weighted by atomic mass is 32.2. The predicted octanol–water partition coefficient (Wildman–Crippen LogP) is 4.12. The van der Waals surface area contributed by atoms with Gasteiger partial charge in [0.1, 0.15) is 0 Å². The first-order valence-electron chi connectivity index (χ1n) is 6.71. The van der Waals surface area contributed by atoms with Crippen LogP contribution in [0.4, 0.5) is 0 Å². The number of nitrogens with one attached hydrogen (secondary N) is 1. The lowest BCUT2D eigenvalue weighted by atomic mass is 10.2. The van der Waals surface area contributed by atoms with E-state index in [0.717, 1.165) is 25.3 Å². The van der Waals surface area contributed by atoms with Gasteiger partial charge in [-0.1, -0.05) is 35.9 Å². The molecule has 0 atom stereocenters. The third kappa shape index (κ3) is 5.81. The third-order valence-electron chi connectivity index (χ3n) is 2.90. The molecule has 1 aromatic carbocycles. The quantitative estimate of drug-likeness (QED) is 0.734. The van der Waals surface area contributed by atoms with Gasteiger partial charge in [0, 0.05) is 22.9 Å². The summed E-state index contributed by atoms with van der Waals surface area (Å²) in [7, 11) is 0. The van der Waals surface area contributed by atoms with Crippen molar-refractivity contribution < 1.29 is 0 Å². The van der Waals surface area contributed by atoms with Crippen molar-refractivity contribution in [3.05, 3.63) is 57.8 Å². The first-order chi connectivity index (χ1) is 9.34. The summed E-state index contributed by atoms with van der Waals surface area (Å²) in [4.78, 5) is 1.47. The molecule has 3 heteroatoms. The van der Waals surface area contributed by atoms with Gasteiger partial charge in [0.2, 0.25) is 0 Å². The molecule has 1 N–H and O–H groups in total. The lowest BCUT2D eigenvalue weighted by molar-refractivity contribution is 0.725. The molecule has 0 spiro atoms. The number of hydrogen-bond donors (Lipinski definition) is 1. The average molecular weight is 291 g/mol. The van der Waals surface area contributed by atoms with Crippen molar-refractivity contribution in [2.24, 2.45) is 0 Å². The van der Waals surface area contributed by atoms with Crippen LogP contribution in [0.3, 0.4) is 0 Å². The maximum absolute atomic E-state index is 3.51. The van der Waals surface area contributed by atoms with Crippen LogP contribution in [-0.2, 0) is 12.2 Å². The van der Waals surface area contributed by atoms with Crippen molar-refractivity contribution in [2.45, 2.75) is 19.1 Å². The summed E-state index contributed by atoms with van der Waals surface area (Å²) in [6.45, 7) is 4.34. The summed E-state index contributed by atoms with van der Waals surface area (Å²) >= 11 is 3.85. The molecule has 0 aliphatic heterocycles. The highest BCUT2D eigenvalue weighted by Gasteiger charge is 1.95. The topological polar surface area (TPSA) is 12.0 Å². The molecule has 2 aromatic rings. The summed E-state index contributed by atoms with van der Waals surface area (Å²) < 4.78 is 0. The van der Waals surface area contributed by atoms with Crippen molar-refractivity contribution >= 4 is 23.1 Å². The molecule has 1 heterocycles. The second-order valence-electron chi connectivity index (χ2n) is 4.62. The smallest absolute Gasteiger partial charge is 0.0185 e. The normalized spacial score (nSPS) is 10.8.